The Balaban J connectivity index is 1.58. The van der Waals surface area contributed by atoms with E-state index in [9.17, 15) is 0 Å². The summed E-state index contributed by atoms with van der Waals surface area (Å²) in [4.78, 5) is 4.34. The molecule has 4 N–H and O–H groups in total. The molecule has 0 unspecified atom stereocenters. The Morgan fingerprint density at radius 2 is 1.88 bits per heavy atom. The normalized spacial score (nSPS) is 17.3. The third-order valence-corrected chi connectivity index (χ3v) is 4.38. The fourth-order valence-corrected chi connectivity index (χ4v) is 2.99. The van der Waals surface area contributed by atoms with E-state index < -0.39 is 0 Å². The highest BCUT2D eigenvalue weighted by molar-refractivity contribution is 5.79. The van der Waals surface area contributed by atoms with Gasteiger partial charge in [0, 0.05) is 34.8 Å². The predicted octanol–water partition coefficient (Wildman–Crippen LogP) is 2.19. The van der Waals surface area contributed by atoms with Crippen molar-refractivity contribution in [1.29, 1.82) is 0 Å². The minimum Gasteiger partial charge on any atom is -0.399 e. The Morgan fingerprint density at radius 3 is 2.65 bits per heavy atom. The molecule has 7 nitrogen and oxygen atoms in total. The Labute approximate surface area is 151 Å². The Bertz CT molecular complexity index is 885. The van der Waals surface area contributed by atoms with Crippen molar-refractivity contribution in [2.24, 2.45) is 0 Å². The van der Waals surface area contributed by atoms with Crippen LogP contribution in [0.5, 0.6) is 0 Å². The van der Waals surface area contributed by atoms with Gasteiger partial charge in [-0.15, -0.1) is 0 Å². The van der Waals surface area contributed by atoms with Crippen LogP contribution in [0.2, 0.25) is 0 Å². The molecule has 0 saturated carbocycles. The molecule has 4 rings (SSSR count). The average Bonchev–Trinajstić information content (AvgIpc) is 3.12. The number of nitrogens with zero attached hydrogens (tertiary/aromatic N) is 3. The maximum Gasteiger partial charge on any atom is 0.131 e. The Morgan fingerprint density at radius 1 is 1.04 bits per heavy atom. The number of hydrogen-bond donors (Lipinski definition) is 2. The molecule has 26 heavy (non-hydrogen) atoms. The van der Waals surface area contributed by atoms with Crippen LogP contribution in [0.1, 0.15) is 0 Å². The molecule has 1 aliphatic heterocycles. The number of aromatic nitrogens is 3. The second-order valence-electron chi connectivity index (χ2n) is 6.30. The van der Waals surface area contributed by atoms with Crippen LogP contribution in [-0.4, -0.2) is 40.7 Å². The van der Waals surface area contributed by atoms with Gasteiger partial charge in [-0.1, -0.05) is 12.1 Å². The molecule has 134 valence electrons. The first-order chi connectivity index (χ1) is 12.7. The second-order valence-corrected chi connectivity index (χ2v) is 6.30. The maximum atomic E-state index is 6.07. The number of anilines is 2. The average molecular weight is 351 g/mol. The summed E-state index contributed by atoms with van der Waals surface area (Å²) in [5.74, 6) is 0.485. The molecule has 1 atom stereocenters. The van der Waals surface area contributed by atoms with E-state index in [2.05, 4.69) is 10.1 Å². The van der Waals surface area contributed by atoms with Crippen LogP contribution in [-0.2, 0) is 16.0 Å². The van der Waals surface area contributed by atoms with Crippen molar-refractivity contribution < 1.29 is 9.47 Å². The van der Waals surface area contributed by atoms with Crippen LogP contribution in [0.15, 0.2) is 48.9 Å². The van der Waals surface area contributed by atoms with Crippen molar-refractivity contribution in [2.45, 2.75) is 12.6 Å². The lowest BCUT2D eigenvalue weighted by atomic mass is 10.0. The molecule has 3 aromatic rings. The summed E-state index contributed by atoms with van der Waals surface area (Å²) in [6.07, 6.45) is 5.60. The molecule has 0 spiro atoms. The number of rotatable bonds is 4. The zero-order chi connectivity index (χ0) is 17.9. The van der Waals surface area contributed by atoms with Crippen LogP contribution in [0.25, 0.3) is 22.3 Å². The first kappa shape index (κ1) is 16.6. The summed E-state index contributed by atoms with van der Waals surface area (Å²) in [5.41, 5.74) is 16.3. The van der Waals surface area contributed by atoms with Gasteiger partial charge in [-0.2, -0.15) is 5.10 Å². The van der Waals surface area contributed by atoms with Crippen molar-refractivity contribution in [3.05, 3.63) is 48.9 Å². The molecule has 7 heteroatoms. The van der Waals surface area contributed by atoms with E-state index in [-0.39, 0.29) is 6.10 Å². The fourth-order valence-electron chi connectivity index (χ4n) is 2.99. The number of nitrogens with two attached hydrogens (primary N) is 2. The van der Waals surface area contributed by atoms with Gasteiger partial charge in [0.05, 0.1) is 32.6 Å². The SMILES string of the molecule is Nc1ccc(-c2cc(-c3cnn(C[C@H]4COCCO4)c3)cnc2N)cc1. The minimum atomic E-state index is 0.0337. The van der Waals surface area contributed by atoms with E-state index in [0.717, 1.165) is 22.3 Å². The number of ether oxygens (including phenoxy) is 2. The standard InChI is InChI=1S/C19H21N5O2/c20-16-3-1-13(2-4-16)18-7-14(8-22-19(18)21)15-9-23-24(10-15)11-17-12-25-5-6-26-17/h1-4,7-10,17H,5-6,11-12,20H2,(H2,21,22)/t17-/m0/s1. The second kappa shape index (κ2) is 7.15. The van der Waals surface area contributed by atoms with Gasteiger partial charge in [-0.3, -0.25) is 4.68 Å². The molecule has 1 saturated heterocycles. The third-order valence-electron chi connectivity index (χ3n) is 4.38. The fraction of sp³-hybridized carbons (Fsp3) is 0.263. The lowest BCUT2D eigenvalue weighted by molar-refractivity contribution is -0.0946. The van der Waals surface area contributed by atoms with Gasteiger partial charge in [-0.05, 0) is 23.8 Å². The monoisotopic (exact) mass is 351 g/mol. The van der Waals surface area contributed by atoms with Gasteiger partial charge in [0.15, 0.2) is 0 Å². The van der Waals surface area contributed by atoms with Crippen molar-refractivity contribution in [3.8, 4) is 22.3 Å². The Kier molecular flexibility index (Phi) is 4.55. The molecule has 0 amide bonds. The van der Waals surface area contributed by atoms with Gasteiger partial charge < -0.3 is 20.9 Å². The van der Waals surface area contributed by atoms with Crippen LogP contribution in [0.3, 0.4) is 0 Å². The van der Waals surface area contributed by atoms with Gasteiger partial charge in [0.25, 0.3) is 0 Å². The number of pyridine rings is 1. The molecule has 2 aromatic heterocycles. The van der Waals surface area contributed by atoms with Gasteiger partial charge in [0.1, 0.15) is 11.9 Å². The highest BCUT2D eigenvalue weighted by Gasteiger charge is 2.16. The number of hydrogen-bond acceptors (Lipinski definition) is 6. The topological polar surface area (TPSA) is 101 Å². The summed E-state index contributed by atoms with van der Waals surface area (Å²) >= 11 is 0. The molecular formula is C19H21N5O2. The van der Waals surface area contributed by atoms with E-state index in [1.54, 1.807) is 6.20 Å². The van der Waals surface area contributed by atoms with Crippen molar-refractivity contribution in [1.82, 2.24) is 14.8 Å². The van der Waals surface area contributed by atoms with Crippen LogP contribution in [0.4, 0.5) is 11.5 Å². The number of nitrogen functional groups attached to an aromatic ring is 2. The van der Waals surface area contributed by atoms with Crippen LogP contribution < -0.4 is 11.5 Å². The molecule has 0 radical (unpaired) electrons. The van der Waals surface area contributed by atoms with Gasteiger partial charge in [0.2, 0.25) is 0 Å². The Hall–Kier alpha value is -2.90. The minimum absolute atomic E-state index is 0.0337. The first-order valence-electron chi connectivity index (χ1n) is 8.52. The molecule has 3 heterocycles. The lowest BCUT2D eigenvalue weighted by Gasteiger charge is -2.22. The van der Waals surface area contributed by atoms with Crippen LogP contribution in [0, 0.1) is 0 Å². The summed E-state index contributed by atoms with van der Waals surface area (Å²) in [5, 5.41) is 4.43. The highest BCUT2D eigenvalue weighted by atomic mass is 16.6. The van der Waals surface area contributed by atoms with E-state index in [1.807, 2.05) is 47.4 Å². The third kappa shape index (κ3) is 3.54. The van der Waals surface area contributed by atoms with Crippen molar-refractivity contribution in [3.63, 3.8) is 0 Å². The zero-order valence-corrected chi connectivity index (χ0v) is 14.3. The van der Waals surface area contributed by atoms with E-state index in [1.165, 1.54) is 0 Å². The molecule has 0 bridgehead atoms. The molecule has 0 aliphatic carbocycles. The first-order valence-corrected chi connectivity index (χ1v) is 8.52. The lowest BCUT2D eigenvalue weighted by Crippen LogP contribution is -2.32. The van der Waals surface area contributed by atoms with E-state index >= 15 is 0 Å². The molecule has 1 aromatic carbocycles. The predicted molar refractivity (Wildman–Crippen MR) is 100 cm³/mol. The summed E-state index contributed by atoms with van der Waals surface area (Å²) < 4.78 is 13.0. The largest absolute Gasteiger partial charge is 0.399 e. The van der Waals surface area contributed by atoms with E-state index in [4.69, 9.17) is 20.9 Å². The maximum absolute atomic E-state index is 6.07. The smallest absolute Gasteiger partial charge is 0.131 e. The van der Waals surface area contributed by atoms with Crippen molar-refractivity contribution >= 4 is 11.5 Å². The molecule has 1 fully saturated rings. The highest BCUT2D eigenvalue weighted by Crippen LogP contribution is 2.29. The zero-order valence-electron chi connectivity index (χ0n) is 14.3. The van der Waals surface area contributed by atoms with Gasteiger partial charge >= 0.3 is 0 Å². The molecular weight excluding hydrogens is 330 g/mol. The van der Waals surface area contributed by atoms with Gasteiger partial charge in [-0.25, -0.2) is 4.98 Å². The summed E-state index contributed by atoms with van der Waals surface area (Å²) in [7, 11) is 0. The summed E-state index contributed by atoms with van der Waals surface area (Å²) in [6, 6.07) is 9.61. The molecule has 1 aliphatic rings. The van der Waals surface area contributed by atoms with E-state index in [0.29, 0.717) is 37.9 Å². The van der Waals surface area contributed by atoms with Crippen LogP contribution >= 0.6 is 0 Å². The quantitative estimate of drug-likeness (QED) is 0.699. The summed E-state index contributed by atoms with van der Waals surface area (Å²) in [6.45, 7) is 2.55. The van der Waals surface area contributed by atoms with Crippen molar-refractivity contribution in [2.75, 3.05) is 31.3 Å². The number of benzene rings is 1.